The second-order valence-corrected chi connectivity index (χ2v) is 14.1. The van der Waals surface area contributed by atoms with Gasteiger partial charge in [0.25, 0.3) is 5.56 Å². The average Bonchev–Trinajstić information content (AvgIpc) is 3.33. The molecule has 1 fully saturated rings. The van der Waals surface area contributed by atoms with Crippen LogP contribution in [-0.4, -0.2) is 63.6 Å². The van der Waals surface area contributed by atoms with Crippen molar-refractivity contribution in [3.05, 3.63) is 62.9 Å². The Morgan fingerprint density at radius 3 is 2.41 bits per heavy atom. The second kappa shape index (κ2) is 12.5. The molecular formula is C34H42ClN5O6. The molecule has 1 aliphatic heterocycles. The maximum atomic E-state index is 14.2. The number of nitrogens with zero attached hydrogens (tertiary/aromatic N) is 4. The highest BCUT2D eigenvalue weighted by molar-refractivity contribution is 6.31. The molecule has 1 aliphatic rings. The number of nitrogens with one attached hydrogen (secondary N) is 1. The summed E-state index contributed by atoms with van der Waals surface area (Å²) >= 11 is 6.61. The SMILES string of the molecule is COc1cc(C(=O)OC(C)(C)C)cc2c1c1nc(N3CCC[C@@H](NC(=O)OC(C)(C)C)C3)n(Cc3ccccc3Cl)c1c(=O)n2C. The van der Waals surface area contributed by atoms with Crippen LogP contribution in [0.25, 0.3) is 21.9 Å². The highest BCUT2D eigenvalue weighted by Gasteiger charge is 2.30. The van der Waals surface area contributed by atoms with Crippen molar-refractivity contribution in [2.24, 2.45) is 7.05 Å². The number of alkyl carbamates (subject to hydrolysis) is 1. The summed E-state index contributed by atoms with van der Waals surface area (Å²) in [7, 11) is 3.18. The Balaban J connectivity index is 1.69. The number of ether oxygens (including phenoxy) is 3. The van der Waals surface area contributed by atoms with E-state index in [1.807, 2.05) is 49.6 Å². The van der Waals surface area contributed by atoms with Gasteiger partial charge in [-0.05, 0) is 78.1 Å². The first kappa shape index (κ1) is 33.1. The lowest BCUT2D eigenvalue weighted by Gasteiger charge is -2.34. The fourth-order valence-electron chi connectivity index (χ4n) is 5.76. The molecule has 0 saturated carbocycles. The number of esters is 1. The van der Waals surface area contributed by atoms with Crippen molar-refractivity contribution >= 4 is 51.5 Å². The first-order valence-corrected chi connectivity index (χ1v) is 15.8. The first-order valence-electron chi connectivity index (χ1n) is 15.4. The molecule has 4 aromatic rings. The fourth-order valence-corrected chi connectivity index (χ4v) is 5.95. The van der Waals surface area contributed by atoms with E-state index in [2.05, 4.69) is 10.2 Å². The molecule has 46 heavy (non-hydrogen) atoms. The predicted molar refractivity (Wildman–Crippen MR) is 179 cm³/mol. The van der Waals surface area contributed by atoms with Crippen LogP contribution in [0.5, 0.6) is 5.75 Å². The lowest BCUT2D eigenvalue weighted by atomic mass is 10.1. The van der Waals surface area contributed by atoms with Gasteiger partial charge in [-0.2, -0.15) is 0 Å². The Hall–Kier alpha value is -4.25. The molecule has 1 saturated heterocycles. The predicted octanol–water partition coefficient (Wildman–Crippen LogP) is 6.05. The molecule has 1 amide bonds. The van der Waals surface area contributed by atoms with E-state index in [0.29, 0.717) is 51.7 Å². The smallest absolute Gasteiger partial charge is 0.407 e. The lowest BCUT2D eigenvalue weighted by molar-refractivity contribution is 0.00689. The summed E-state index contributed by atoms with van der Waals surface area (Å²) in [6.45, 7) is 12.3. The molecule has 2 aromatic heterocycles. The molecule has 0 spiro atoms. The minimum Gasteiger partial charge on any atom is -0.496 e. The molecule has 1 atom stereocenters. The molecule has 246 valence electrons. The molecule has 1 N–H and O–H groups in total. The van der Waals surface area contributed by atoms with Gasteiger partial charge in [0.15, 0.2) is 0 Å². The van der Waals surface area contributed by atoms with E-state index in [1.54, 1.807) is 40.0 Å². The highest BCUT2D eigenvalue weighted by atomic mass is 35.5. The molecule has 12 heteroatoms. The lowest BCUT2D eigenvalue weighted by Crippen LogP contribution is -2.49. The van der Waals surface area contributed by atoms with E-state index >= 15 is 0 Å². The van der Waals surface area contributed by atoms with Crippen molar-refractivity contribution in [1.29, 1.82) is 0 Å². The van der Waals surface area contributed by atoms with Crippen LogP contribution in [0.4, 0.5) is 10.7 Å². The largest absolute Gasteiger partial charge is 0.496 e. The van der Waals surface area contributed by atoms with Gasteiger partial charge in [0.2, 0.25) is 5.95 Å². The van der Waals surface area contributed by atoms with Gasteiger partial charge in [-0.25, -0.2) is 14.6 Å². The van der Waals surface area contributed by atoms with Crippen LogP contribution in [0.2, 0.25) is 5.02 Å². The van der Waals surface area contributed by atoms with Crippen LogP contribution in [0.3, 0.4) is 0 Å². The number of piperidine rings is 1. The summed E-state index contributed by atoms with van der Waals surface area (Å²) in [4.78, 5) is 47.1. The van der Waals surface area contributed by atoms with E-state index in [0.717, 1.165) is 18.4 Å². The summed E-state index contributed by atoms with van der Waals surface area (Å²) in [5.41, 5.74) is 0.755. The van der Waals surface area contributed by atoms with Crippen molar-refractivity contribution in [3.8, 4) is 5.75 Å². The number of benzene rings is 2. The second-order valence-electron chi connectivity index (χ2n) is 13.7. The summed E-state index contributed by atoms with van der Waals surface area (Å²) in [5, 5.41) is 4.15. The Labute approximate surface area is 273 Å². The number of rotatable bonds is 6. The van der Waals surface area contributed by atoms with Gasteiger partial charge in [-0.15, -0.1) is 0 Å². The maximum Gasteiger partial charge on any atom is 0.407 e. The number of anilines is 1. The van der Waals surface area contributed by atoms with E-state index in [4.69, 9.17) is 30.8 Å². The number of hydrogen-bond donors (Lipinski definition) is 1. The molecule has 0 unspecified atom stereocenters. The number of carbonyl (C=O) groups excluding carboxylic acids is 2. The minimum atomic E-state index is -0.702. The van der Waals surface area contributed by atoms with E-state index < -0.39 is 23.3 Å². The molecule has 0 aliphatic carbocycles. The first-order chi connectivity index (χ1) is 21.6. The molecule has 2 aromatic carbocycles. The fraction of sp³-hybridized carbons (Fsp3) is 0.471. The Bertz CT molecular complexity index is 1870. The van der Waals surface area contributed by atoms with E-state index in [9.17, 15) is 14.4 Å². The number of amides is 1. The van der Waals surface area contributed by atoms with Crippen molar-refractivity contribution in [3.63, 3.8) is 0 Å². The number of carbonyl (C=O) groups is 2. The number of imidazole rings is 1. The quantitative estimate of drug-likeness (QED) is 0.251. The van der Waals surface area contributed by atoms with Crippen LogP contribution < -0.4 is 20.5 Å². The van der Waals surface area contributed by atoms with Crippen LogP contribution in [0.15, 0.2) is 41.2 Å². The highest BCUT2D eigenvalue weighted by Crippen LogP contribution is 2.36. The van der Waals surface area contributed by atoms with Gasteiger partial charge in [-0.3, -0.25) is 4.79 Å². The van der Waals surface area contributed by atoms with Gasteiger partial charge in [-0.1, -0.05) is 29.8 Å². The van der Waals surface area contributed by atoms with E-state index in [1.165, 1.54) is 11.7 Å². The number of fused-ring (bicyclic) bond motifs is 3. The van der Waals surface area contributed by atoms with Gasteiger partial charge >= 0.3 is 12.1 Å². The molecular weight excluding hydrogens is 610 g/mol. The summed E-state index contributed by atoms with van der Waals surface area (Å²) in [5.74, 6) is 0.423. The van der Waals surface area contributed by atoms with Crippen LogP contribution in [-0.2, 0) is 23.1 Å². The zero-order valence-electron chi connectivity index (χ0n) is 27.7. The van der Waals surface area contributed by atoms with Crippen molar-refractivity contribution in [2.45, 2.75) is 78.2 Å². The van der Waals surface area contributed by atoms with Gasteiger partial charge in [0.05, 0.1) is 30.1 Å². The van der Waals surface area contributed by atoms with Crippen molar-refractivity contribution < 1.29 is 23.8 Å². The normalized spacial score (nSPS) is 15.7. The summed E-state index contributed by atoms with van der Waals surface area (Å²) in [6, 6.07) is 10.6. The maximum absolute atomic E-state index is 14.2. The van der Waals surface area contributed by atoms with Gasteiger partial charge in [0.1, 0.15) is 28.0 Å². The third-order valence-electron chi connectivity index (χ3n) is 7.70. The molecule has 0 radical (unpaired) electrons. The number of halogens is 1. The molecule has 3 heterocycles. The number of pyridine rings is 1. The van der Waals surface area contributed by atoms with Gasteiger partial charge in [0, 0.05) is 31.2 Å². The number of aryl methyl sites for hydroxylation is 1. The number of hydrogen-bond acceptors (Lipinski definition) is 8. The topological polar surface area (TPSA) is 117 Å². The molecule has 5 rings (SSSR count). The van der Waals surface area contributed by atoms with E-state index in [-0.39, 0.29) is 23.7 Å². The average molecular weight is 652 g/mol. The Morgan fingerprint density at radius 2 is 1.76 bits per heavy atom. The Kier molecular flexibility index (Phi) is 9.01. The summed E-state index contributed by atoms with van der Waals surface area (Å²) in [6.07, 6.45) is 1.08. The zero-order chi connectivity index (χ0) is 33.6. The van der Waals surface area contributed by atoms with Crippen LogP contribution in [0, 0.1) is 0 Å². The number of methoxy groups -OCH3 is 1. The molecule has 11 nitrogen and oxygen atoms in total. The van der Waals surface area contributed by atoms with Crippen LogP contribution >= 0.6 is 11.6 Å². The molecule has 0 bridgehead atoms. The van der Waals surface area contributed by atoms with Crippen molar-refractivity contribution in [2.75, 3.05) is 25.1 Å². The van der Waals surface area contributed by atoms with Gasteiger partial charge < -0.3 is 33.6 Å². The zero-order valence-corrected chi connectivity index (χ0v) is 28.4. The van der Waals surface area contributed by atoms with Crippen LogP contribution in [0.1, 0.15) is 70.3 Å². The van der Waals surface area contributed by atoms with Crippen molar-refractivity contribution in [1.82, 2.24) is 19.4 Å². The minimum absolute atomic E-state index is 0.192. The monoisotopic (exact) mass is 651 g/mol. The number of aromatic nitrogens is 3. The third-order valence-corrected chi connectivity index (χ3v) is 8.07. The summed E-state index contributed by atoms with van der Waals surface area (Å²) < 4.78 is 20.3. The standard InChI is InChI=1S/C34H42ClN5O6/c1-33(2,3)45-30(42)21-16-24-26(25(17-21)44-8)27-28(29(41)38(24)7)40(18-20-12-9-10-14-23(20)35)31(37-27)39-15-11-13-22(19-39)36-32(43)46-34(4,5)6/h9-10,12,14,16-17,22H,11,13,15,18-19H2,1-8H3,(H,36,43)/t22-/m1/s1. The Morgan fingerprint density at radius 1 is 1.07 bits per heavy atom. The third kappa shape index (κ3) is 6.94.